The zero-order valence-corrected chi connectivity index (χ0v) is 18.2. The highest BCUT2D eigenvalue weighted by Gasteiger charge is 2.47. The summed E-state index contributed by atoms with van der Waals surface area (Å²) in [6.07, 6.45) is 9.52. The number of nitrogens with one attached hydrogen (secondary N) is 1. The van der Waals surface area contributed by atoms with Crippen LogP contribution in [0.1, 0.15) is 57.6 Å². The van der Waals surface area contributed by atoms with Crippen LogP contribution in [0.25, 0.3) is 0 Å². The van der Waals surface area contributed by atoms with E-state index in [9.17, 15) is 9.59 Å². The van der Waals surface area contributed by atoms with Gasteiger partial charge >= 0.3 is 5.97 Å². The van der Waals surface area contributed by atoms with Gasteiger partial charge in [0.2, 0.25) is 5.91 Å². The van der Waals surface area contributed by atoms with Gasteiger partial charge in [0, 0.05) is 18.4 Å². The fraction of sp³-hybridized carbons (Fsp3) is 0.462. The first-order valence-electron chi connectivity index (χ1n) is 11.1. The maximum atomic E-state index is 13.7. The van der Waals surface area contributed by atoms with E-state index in [4.69, 9.17) is 4.74 Å². The van der Waals surface area contributed by atoms with Crippen molar-refractivity contribution < 1.29 is 14.3 Å². The van der Waals surface area contributed by atoms with Gasteiger partial charge in [0.25, 0.3) is 0 Å². The lowest BCUT2D eigenvalue weighted by Gasteiger charge is -2.32. The normalized spacial score (nSPS) is 22.3. The number of fused-ring (bicyclic) bond motifs is 1. The Hall–Kier alpha value is -2.62. The zero-order chi connectivity index (χ0) is 21.3. The lowest BCUT2D eigenvalue weighted by Crippen LogP contribution is -2.57. The van der Waals surface area contributed by atoms with Crippen LogP contribution in [0.3, 0.4) is 0 Å². The molecule has 1 atom stereocenters. The monoisotopic (exact) mass is 405 g/mol. The quantitative estimate of drug-likeness (QED) is 0.729. The highest BCUT2D eigenvalue weighted by molar-refractivity contribution is 6.00. The van der Waals surface area contributed by atoms with Crippen molar-refractivity contribution in [3.8, 4) is 0 Å². The molecule has 0 bridgehead atoms. The van der Waals surface area contributed by atoms with Crippen molar-refractivity contribution >= 4 is 11.9 Å². The van der Waals surface area contributed by atoms with Crippen LogP contribution in [-0.4, -0.2) is 24.0 Å². The number of esters is 1. The number of rotatable bonds is 5. The molecular weight excluding hydrogens is 374 g/mol. The summed E-state index contributed by atoms with van der Waals surface area (Å²) < 4.78 is 5.43. The molecule has 0 fully saturated rings. The Morgan fingerprint density at radius 3 is 2.47 bits per heavy atom. The van der Waals surface area contributed by atoms with Gasteiger partial charge in [-0.1, -0.05) is 43.3 Å². The molecule has 3 aliphatic carbocycles. The van der Waals surface area contributed by atoms with Gasteiger partial charge in [-0.3, -0.25) is 4.79 Å². The molecule has 0 spiro atoms. The second-order valence-electron chi connectivity index (χ2n) is 8.81. The van der Waals surface area contributed by atoms with Crippen LogP contribution >= 0.6 is 0 Å². The van der Waals surface area contributed by atoms with E-state index < -0.39 is 5.54 Å². The van der Waals surface area contributed by atoms with E-state index >= 15 is 0 Å². The molecule has 1 unspecified atom stereocenters. The molecule has 1 aromatic rings. The second-order valence-corrected chi connectivity index (χ2v) is 8.81. The number of carbonyl (C=O) groups is 2. The van der Waals surface area contributed by atoms with Gasteiger partial charge in [-0.05, 0) is 73.3 Å². The Morgan fingerprint density at radius 2 is 1.87 bits per heavy atom. The minimum Gasteiger partial charge on any atom is -0.464 e. The third-order valence-corrected chi connectivity index (χ3v) is 6.66. The second kappa shape index (κ2) is 8.25. The highest BCUT2D eigenvalue weighted by Crippen LogP contribution is 2.39. The molecule has 3 aliphatic rings. The van der Waals surface area contributed by atoms with Crippen molar-refractivity contribution in [1.82, 2.24) is 5.32 Å². The summed E-state index contributed by atoms with van der Waals surface area (Å²) in [5.41, 5.74) is 5.54. The molecule has 30 heavy (non-hydrogen) atoms. The molecule has 0 radical (unpaired) electrons. The molecule has 4 heteroatoms. The average Bonchev–Trinajstić information content (AvgIpc) is 3.37. The maximum Gasteiger partial charge on any atom is 0.332 e. The molecule has 0 saturated carbocycles. The fourth-order valence-corrected chi connectivity index (χ4v) is 5.15. The van der Waals surface area contributed by atoms with Crippen LogP contribution in [0, 0.1) is 5.92 Å². The third-order valence-electron chi connectivity index (χ3n) is 6.66. The van der Waals surface area contributed by atoms with Crippen molar-refractivity contribution in [3.05, 3.63) is 69.8 Å². The van der Waals surface area contributed by atoms with E-state index in [0.717, 1.165) is 48.0 Å². The Balaban J connectivity index is 1.71. The van der Waals surface area contributed by atoms with Crippen LogP contribution in [0.15, 0.2) is 58.7 Å². The van der Waals surface area contributed by atoms with Crippen LogP contribution < -0.4 is 5.32 Å². The zero-order valence-electron chi connectivity index (χ0n) is 18.2. The molecule has 0 heterocycles. The van der Waals surface area contributed by atoms with E-state index in [2.05, 4.69) is 31.3 Å². The van der Waals surface area contributed by atoms with Gasteiger partial charge in [-0.15, -0.1) is 0 Å². The van der Waals surface area contributed by atoms with Gasteiger partial charge in [0.1, 0.15) is 5.54 Å². The van der Waals surface area contributed by atoms with Gasteiger partial charge in [0.05, 0.1) is 6.61 Å². The Labute approximate surface area is 179 Å². The third kappa shape index (κ3) is 3.64. The first kappa shape index (κ1) is 20.6. The number of carbonyl (C=O) groups excluding carboxylic acids is 2. The largest absolute Gasteiger partial charge is 0.464 e. The average molecular weight is 406 g/mol. The van der Waals surface area contributed by atoms with Crippen LogP contribution in [0.5, 0.6) is 0 Å². The molecule has 158 valence electrons. The standard InChI is InChI=1S/C26H31NO3/c1-4-30-25(29)26(15-20-11-7-8-12-21(20)16-26)27-24(28)23-18(3)14-13-17(2)22(23)19-9-5-6-10-19/h7-9,11-13,18H,4-6,10,14-16H2,1-3H3,(H,27,28). The molecule has 1 amide bonds. The number of allylic oxidation sites excluding steroid dienone is 5. The first-order chi connectivity index (χ1) is 14.4. The summed E-state index contributed by atoms with van der Waals surface area (Å²) >= 11 is 0. The highest BCUT2D eigenvalue weighted by atomic mass is 16.5. The van der Waals surface area contributed by atoms with Crippen LogP contribution in [0.2, 0.25) is 0 Å². The molecule has 1 N–H and O–H groups in total. The number of ether oxygens (including phenoxy) is 1. The number of hydrogen-bond acceptors (Lipinski definition) is 3. The summed E-state index contributed by atoms with van der Waals surface area (Å²) in [5, 5.41) is 3.17. The lowest BCUT2D eigenvalue weighted by atomic mass is 9.80. The maximum absolute atomic E-state index is 13.7. The molecular formula is C26H31NO3. The van der Waals surface area contributed by atoms with Gasteiger partial charge < -0.3 is 10.1 Å². The SMILES string of the molecule is CCOC(=O)C1(NC(=O)C2=C(C3=CCCC3)C(C)=CCC2C)Cc2ccccc2C1. The predicted octanol–water partition coefficient (Wildman–Crippen LogP) is 4.60. The van der Waals surface area contributed by atoms with Gasteiger partial charge in [-0.2, -0.15) is 0 Å². The van der Waals surface area contributed by atoms with E-state index in [1.807, 2.05) is 24.3 Å². The van der Waals surface area contributed by atoms with E-state index in [1.165, 1.54) is 11.1 Å². The summed E-state index contributed by atoms with van der Waals surface area (Å²) in [6.45, 7) is 6.31. The minimum atomic E-state index is -1.03. The smallest absolute Gasteiger partial charge is 0.332 e. The molecule has 4 nitrogen and oxygen atoms in total. The summed E-state index contributed by atoms with van der Waals surface area (Å²) in [7, 11) is 0. The number of hydrogen-bond donors (Lipinski definition) is 1. The van der Waals surface area contributed by atoms with Crippen LogP contribution in [0.4, 0.5) is 0 Å². The Morgan fingerprint density at radius 1 is 1.17 bits per heavy atom. The van der Waals surface area contributed by atoms with Crippen molar-refractivity contribution in [3.63, 3.8) is 0 Å². The molecule has 1 aromatic carbocycles. The van der Waals surface area contributed by atoms with E-state index in [0.29, 0.717) is 19.4 Å². The van der Waals surface area contributed by atoms with Crippen molar-refractivity contribution in [2.24, 2.45) is 5.92 Å². The summed E-state index contributed by atoms with van der Waals surface area (Å²) in [4.78, 5) is 26.8. The number of amides is 1. The Kier molecular flexibility index (Phi) is 5.68. The predicted molar refractivity (Wildman–Crippen MR) is 118 cm³/mol. The fourth-order valence-electron chi connectivity index (χ4n) is 5.15. The van der Waals surface area contributed by atoms with Crippen molar-refractivity contribution in [1.29, 1.82) is 0 Å². The van der Waals surface area contributed by atoms with Gasteiger partial charge in [0.15, 0.2) is 0 Å². The van der Waals surface area contributed by atoms with Crippen molar-refractivity contribution in [2.45, 2.75) is 64.8 Å². The molecule has 0 aliphatic heterocycles. The summed E-state index contributed by atoms with van der Waals surface area (Å²) in [5.74, 6) is -0.348. The van der Waals surface area contributed by atoms with E-state index in [1.54, 1.807) is 6.92 Å². The lowest BCUT2D eigenvalue weighted by molar-refractivity contribution is -0.152. The molecule has 0 saturated heterocycles. The van der Waals surface area contributed by atoms with E-state index in [-0.39, 0.29) is 17.8 Å². The first-order valence-corrected chi connectivity index (χ1v) is 11.1. The molecule has 4 rings (SSSR count). The van der Waals surface area contributed by atoms with Crippen molar-refractivity contribution in [2.75, 3.05) is 6.61 Å². The topological polar surface area (TPSA) is 55.4 Å². The number of benzene rings is 1. The molecule has 0 aromatic heterocycles. The Bertz CT molecular complexity index is 941. The van der Waals surface area contributed by atoms with Gasteiger partial charge in [-0.25, -0.2) is 4.79 Å². The summed E-state index contributed by atoms with van der Waals surface area (Å²) in [6, 6.07) is 8.03. The minimum absolute atomic E-state index is 0.119. The van der Waals surface area contributed by atoms with Crippen LogP contribution in [-0.2, 0) is 27.2 Å².